The maximum Gasteiger partial charge on any atom is 0.306 e. The normalized spacial score (nSPS) is 13.3. The molecule has 364 valence electrons. The van der Waals surface area contributed by atoms with Crippen LogP contribution in [0.5, 0.6) is 0 Å². The van der Waals surface area contributed by atoms with Crippen LogP contribution in [0.2, 0.25) is 0 Å². The molecular weight excluding hydrogens is 797 g/mol. The van der Waals surface area contributed by atoms with Crippen LogP contribution in [0.25, 0.3) is 0 Å². The Labute approximate surface area is 373 Å². The smallest absolute Gasteiger partial charge is 0.306 e. The van der Waals surface area contributed by atoms with Gasteiger partial charge in [-0.25, -0.2) is 0 Å². The van der Waals surface area contributed by atoms with Crippen molar-refractivity contribution in [2.24, 2.45) is 0 Å². The zero-order valence-corrected chi connectivity index (χ0v) is 40.8. The number of phosphoric ester groups is 1. The van der Waals surface area contributed by atoms with Crippen LogP contribution in [0.15, 0.2) is 0 Å². The van der Waals surface area contributed by atoms with Gasteiger partial charge in [0.05, 0.1) is 13.2 Å². The number of carbonyl (C=O) groups is 3. The number of rotatable bonds is 47. The molecule has 0 heterocycles. The Balaban J connectivity index is 0. The molecule has 5 N–H and O–H groups in total. The number of hydrogen-bond acceptors (Lipinski definition) is 11. The lowest BCUT2D eigenvalue weighted by molar-refractivity contribution is -0.230. The third-order valence-electron chi connectivity index (χ3n) is 11.0. The Kier molecular flexibility index (Phi) is 46.8. The minimum Gasteiger partial charge on any atom is -0.756 e. The van der Waals surface area contributed by atoms with Crippen LogP contribution in [0.3, 0.4) is 0 Å². The number of esters is 3. The summed E-state index contributed by atoms with van der Waals surface area (Å²) >= 11 is 0. The molecule has 0 radical (unpaired) electrons. The van der Waals surface area contributed by atoms with Crippen molar-refractivity contribution in [1.29, 1.82) is 0 Å². The van der Waals surface area contributed by atoms with Crippen molar-refractivity contribution in [1.82, 2.24) is 6.15 Å². The fourth-order valence-electron chi connectivity index (χ4n) is 7.12. The first-order valence-electron chi connectivity index (χ1n) is 24.9. The van der Waals surface area contributed by atoms with E-state index in [1.807, 2.05) is 0 Å². The van der Waals surface area contributed by atoms with Gasteiger partial charge in [-0.05, 0) is 19.3 Å². The van der Waals surface area contributed by atoms with E-state index in [4.69, 9.17) is 23.3 Å². The first kappa shape index (κ1) is 61.5. The lowest BCUT2D eigenvalue weighted by atomic mass is 10.1. The summed E-state index contributed by atoms with van der Waals surface area (Å²) in [6.45, 7) is 4.62. The molecule has 0 aromatic heterocycles. The Morgan fingerprint density at radius 2 is 0.705 bits per heavy atom. The average molecular weight is 894 g/mol. The van der Waals surface area contributed by atoms with Gasteiger partial charge in [-0.3, -0.25) is 18.9 Å². The summed E-state index contributed by atoms with van der Waals surface area (Å²) in [5.41, 5.74) is 0. The number of aliphatic hydroxyl groups is 1. The number of aliphatic hydroxyl groups excluding tert-OH is 1. The van der Waals surface area contributed by atoms with Crippen molar-refractivity contribution in [3.63, 3.8) is 0 Å². The molecule has 3 atom stereocenters. The van der Waals surface area contributed by atoms with Crippen LogP contribution in [0.4, 0.5) is 0 Å². The van der Waals surface area contributed by atoms with Crippen molar-refractivity contribution in [3.8, 4) is 0 Å². The second-order valence-corrected chi connectivity index (χ2v) is 18.4. The van der Waals surface area contributed by atoms with E-state index in [2.05, 4.69) is 20.8 Å². The van der Waals surface area contributed by atoms with E-state index < -0.39 is 57.8 Å². The highest BCUT2D eigenvalue weighted by atomic mass is 31.2. The molecule has 1 unspecified atom stereocenters. The van der Waals surface area contributed by atoms with E-state index in [9.17, 15) is 28.9 Å². The summed E-state index contributed by atoms with van der Waals surface area (Å²) in [6.07, 6.45) is 36.2. The van der Waals surface area contributed by atoms with E-state index >= 15 is 0 Å². The summed E-state index contributed by atoms with van der Waals surface area (Å²) in [5.74, 6) is -1.42. The molecule has 0 bridgehead atoms. The zero-order valence-electron chi connectivity index (χ0n) is 39.9. The molecule has 0 rings (SSSR count). The first-order chi connectivity index (χ1) is 29.1. The van der Waals surface area contributed by atoms with Gasteiger partial charge in [0.25, 0.3) is 7.82 Å². The minimum absolute atomic E-state index is 0. The Hall–Kier alpha value is -1.56. The number of hydrogen-bond donors (Lipinski definition) is 2. The third kappa shape index (κ3) is 46.3. The second-order valence-electron chi connectivity index (χ2n) is 17.0. The van der Waals surface area contributed by atoms with Gasteiger partial charge in [-0.15, -0.1) is 0 Å². The summed E-state index contributed by atoms with van der Waals surface area (Å²) in [7, 11) is -4.95. The molecular formula is C48H96NO11P. The monoisotopic (exact) mass is 894 g/mol. The molecule has 13 heteroatoms. The number of phosphoric acid groups is 1. The van der Waals surface area contributed by atoms with E-state index in [-0.39, 0.29) is 32.0 Å². The van der Waals surface area contributed by atoms with E-state index in [1.54, 1.807) is 0 Å². The van der Waals surface area contributed by atoms with Gasteiger partial charge in [0, 0.05) is 19.3 Å². The molecule has 0 aliphatic rings. The van der Waals surface area contributed by atoms with Gasteiger partial charge in [0.2, 0.25) is 0 Å². The fraction of sp³-hybridized carbons (Fsp3) is 0.938. The molecule has 0 aliphatic heterocycles. The minimum atomic E-state index is -4.95. The quantitative estimate of drug-likeness (QED) is 0.0255. The zero-order chi connectivity index (χ0) is 44.2. The molecule has 0 spiro atoms. The van der Waals surface area contributed by atoms with Crippen LogP contribution in [-0.2, 0) is 42.2 Å². The van der Waals surface area contributed by atoms with Crippen molar-refractivity contribution in [3.05, 3.63) is 0 Å². The predicted molar refractivity (Wildman–Crippen MR) is 247 cm³/mol. The standard InChI is InChI=1S/C48H93O11P.H3N/c1-4-7-10-13-16-19-22-25-28-31-34-37-46(50)55-40-44(49)41-57-60(53,54)58-43-45(59-48(52)39-36-33-30-27-24-21-18-15-12-9-6-3)42-56-47(51)38-35-32-29-26-23-20-17-14-11-8-5-2;/h44-45,49H,4-43H2,1-3H3,(H,53,54);1H3/t44-,45+;/m0./s1. The lowest BCUT2D eigenvalue weighted by Crippen LogP contribution is -2.31. The largest absolute Gasteiger partial charge is 0.756 e. The summed E-state index contributed by atoms with van der Waals surface area (Å²) in [5, 5.41) is 10.2. The second kappa shape index (κ2) is 46.4. The topological polar surface area (TPSA) is 194 Å². The maximum atomic E-state index is 12.7. The average Bonchev–Trinajstić information content (AvgIpc) is 3.23. The predicted octanol–water partition coefficient (Wildman–Crippen LogP) is 13.3. The van der Waals surface area contributed by atoms with E-state index in [0.717, 1.165) is 57.8 Å². The number of ether oxygens (including phenoxy) is 3. The van der Waals surface area contributed by atoms with Crippen molar-refractivity contribution >= 4 is 25.7 Å². The van der Waals surface area contributed by atoms with Gasteiger partial charge >= 0.3 is 17.9 Å². The van der Waals surface area contributed by atoms with Crippen LogP contribution in [-0.4, -0.2) is 61.6 Å². The molecule has 61 heavy (non-hydrogen) atoms. The SMILES string of the molecule is CCCCCCCCCCCCCC(=O)OC[C@H](O)COP(=O)([O-])OC[C@@H](COC(=O)CCCCCCCCCCCCC)OC(=O)CCCCCCCCCCCCC.[NH4+]. The third-order valence-corrected chi connectivity index (χ3v) is 11.9. The fourth-order valence-corrected chi connectivity index (χ4v) is 7.90. The lowest BCUT2D eigenvalue weighted by Gasteiger charge is -2.26. The van der Waals surface area contributed by atoms with Crippen LogP contribution in [0, 0.1) is 0 Å². The highest BCUT2D eigenvalue weighted by Gasteiger charge is 2.22. The number of carbonyl (C=O) groups excluding carboxylic acids is 3. The van der Waals surface area contributed by atoms with Crippen molar-refractivity contribution < 1.29 is 52.2 Å². The molecule has 0 saturated carbocycles. The first-order valence-corrected chi connectivity index (χ1v) is 26.4. The molecule has 0 saturated heterocycles. The Morgan fingerprint density at radius 1 is 0.426 bits per heavy atom. The van der Waals surface area contributed by atoms with E-state index in [1.165, 1.54) is 135 Å². The molecule has 0 aromatic carbocycles. The Morgan fingerprint density at radius 3 is 1.05 bits per heavy atom. The van der Waals surface area contributed by atoms with Crippen molar-refractivity contribution in [2.45, 2.75) is 264 Å². The van der Waals surface area contributed by atoms with Gasteiger partial charge in [-0.1, -0.05) is 213 Å². The van der Waals surface area contributed by atoms with Crippen LogP contribution >= 0.6 is 7.82 Å². The number of unbranched alkanes of at least 4 members (excludes halogenated alkanes) is 30. The highest BCUT2D eigenvalue weighted by molar-refractivity contribution is 7.45. The number of quaternary nitrogens is 1. The summed E-state index contributed by atoms with van der Waals surface area (Å²) in [6, 6.07) is 0. The summed E-state index contributed by atoms with van der Waals surface area (Å²) < 4.78 is 38.4. The Bertz CT molecular complexity index is 1030. The van der Waals surface area contributed by atoms with Crippen LogP contribution in [0.1, 0.15) is 252 Å². The van der Waals surface area contributed by atoms with Gasteiger partial charge in [0.15, 0.2) is 6.10 Å². The molecule has 0 aromatic rings. The van der Waals surface area contributed by atoms with E-state index in [0.29, 0.717) is 19.3 Å². The molecule has 0 amide bonds. The van der Waals surface area contributed by atoms with Gasteiger partial charge in [-0.2, -0.15) is 0 Å². The molecule has 0 aliphatic carbocycles. The molecule has 12 nitrogen and oxygen atoms in total. The van der Waals surface area contributed by atoms with Crippen molar-refractivity contribution in [2.75, 3.05) is 26.4 Å². The maximum absolute atomic E-state index is 12.7. The van der Waals surface area contributed by atoms with Gasteiger partial charge < -0.3 is 39.4 Å². The van der Waals surface area contributed by atoms with Gasteiger partial charge in [0.1, 0.15) is 19.3 Å². The van der Waals surface area contributed by atoms with Crippen LogP contribution < -0.4 is 11.0 Å². The summed E-state index contributed by atoms with van der Waals surface area (Å²) in [4.78, 5) is 49.9. The highest BCUT2D eigenvalue weighted by Crippen LogP contribution is 2.38. The molecule has 0 fully saturated rings.